The number of amidine groups is 1. The average Bonchev–Trinajstić information content (AvgIpc) is 3.26. The molecule has 0 aromatic heterocycles. The monoisotopic (exact) mass is 371 g/mol. The zero-order chi connectivity index (χ0) is 18.6. The number of ether oxygens (including phenoxy) is 1. The van der Waals surface area contributed by atoms with Gasteiger partial charge in [-0.25, -0.2) is 8.78 Å². The Morgan fingerprint density at radius 3 is 2.84 bits per heavy atom. The SMILES string of the molecule is CCOC(=O)C12CC1C(C)(c1cc([N+](=O)[O-])cc(F)c1F)N=C(N)S2. The van der Waals surface area contributed by atoms with Crippen LogP contribution in [0.5, 0.6) is 0 Å². The van der Waals surface area contributed by atoms with Crippen molar-refractivity contribution >= 4 is 28.6 Å². The highest BCUT2D eigenvalue weighted by Gasteiger charge is 2.71. The van der Waals surface area contributed by atoms with Crippen LogP contribution in [-0.4, -0.2) is 27.4 Å². The Hall–Kier alpha value is -2.23. The van der Waals surface area contributed by atoms with Gasteiger partial charge in [0.25, 0.3) is 5.69 Å². The van der Waals surface area contributed by atoms with Gasteiger partial charge in [0.2, 0.25) is 0 Å². The van der Waals surface area contributed by atoms with Crippen LogP contribution in [0.4, 0.5) is 14.5 Å². The van der Waals surface area contributed by atoms with Crippen molar-refractivity contribution in [3.8, 4) is 0 Å². The van der Waals surface area contributed by atoms with Crippen LogP contribution in [0.15, 0.2) is 17.1 Å². The van der Waals surface area contributed by atoms with Crippen LogP contribution in [0.25, 0.3) is 0 Å². The predicted octanol–water partition coefficient (Wildman–Crippen LogP) is 2.47. The van der Waals surface area contributed by atoms with E-state index in [0.717, 1.165) is 17.8 Å². The normalized spacial score (nSPS) is 30.2. The standard InChI is InChI=1S/C15H15F2N3O4S/c1-3-24-12(21)15-6-10(15)14(2,19-13(18)25-15)8-4-7(20(22)23)5-9(16)11(8)17/h4-5,10H,3,6H2,1-2H3,(H2,18,19). The summed E-state index contributed by atoms with van der Waals surface area (Å²) in [5, 5.41) is 11.0. The number of nitrogens with zero attached hydrogens (tertiary/aromatic N) is 2. The van der Waals surface area contributed by atoms with E-state index in [2.05, 4.69) is 4.99 Å². The molecule has 3 atom stereocenters. The highest BCUT2D eigenvalue weighted by atomic mass is 32.2. The maximum absolute atomic E-state index is 14.4. The Labute approximate surface area is 145 Å². The molecule has 7 nitrogen and oxygen atoms in total. The molecule has 3 rings (SSSR count). The largest absolute Gasteiger partial charge is 0.465 e. The van der Waals surface area contributed by atoms with Crippen molar-refractivity contribution in [2.45, 2.75) is 30.6 Å². The molecule has 25 heavy (non-hydrogen) atoms. The van der Waals surface area contributed by atoms with Gasteiger partial charge in [-0.05, 0) is 20.3 Å². The molecule has 2 N–H and O–H groups in total. The van der Waals surface area contributed by atoms with E-state index in [-0.39, 0.29) is 17.3 Å². The lowest BCUT2D eigenvalue weighted by Crippen LogP contribution is -2.40. The molecule has 0 bridgehead atoms. The van der Waals surface area contributed by atoms with Gasteiger partial charge >= 0.3 is 5.97 Å². The summed E-state index contributed by atoms with van der Waals surface area (Å²) >= 11 is 1.03. The van der Waals surface area contributed by atoms with Gasteiger partial charge in [0.05, 0.1) is 23.1 Å². The highest BCUT2D eigenvalue weighted by molar-refractivity contribution is 8.15. The average molecular weight is 371 g/mol. The second-order valence-electron chi connectivity index (χ2n) is 6.11. The maximum Gasteiger partial charge on any atom is 0.323 e. The molecule has 1 fully saturated rings. The number of carbonyl (C=O) groups excluding carboxylic acids is 1. The van der Waals surface area contributed by atoms with Gasteiger partial charge in [0.15, 0.2) is 16.8 Å². The topological polar surface area (TPSA) is 108 Å². The van der Waals surface area contributed by atoms with Crippen LogP contribution in [0.1, 0.15) is 25.8 Å². The first-order chi connectivity index (χ1) is 11.7. The fraction of sp³-hybridized carbons (Fsp3) is 0.467. The second-order valence-corrected chi connectivity index (χ2v) is 7.46. The molecule has 1 aromatic rings. The van der Waals surface area contributed by atoms with E-state index in [4.69, 9.17) is 10.5 Å². The van der Waals surface area contributed by atoms with Gasteiger partial charge in [-0.1, -0.05) is 11.8 Å². The molecule has 1 heterocycles. The second kappa shape index (κ2) is 5.65. The molecule has 10 heteroatoms. The minimum atomic E-state index is -1.40. The van der Waals surface area contributed by atoms with Crippen LogP contribution in [-0.2, 0) is 15.1 Å². The molecule has 1 aromatic carbocycles. The Bertz CT molecular complexity index is 818. The lowest BCUT2D eigenvalue weighted by Gasteiger charge is -2.33. The lowest BCUT2D eigenvalue weighted by atomic mass is 9.85. The fourth-order valence-corrected chi connectivity index (χ4v) is 4.72. The minimum Gasteiger partial charge on any atom is -0.465 e. The summed E-state index contributed by atoms with van der Waals surface area (Å²) in [4.78, 5) is 26.7. The van der Waals surface area contributed by atoms with Crippen LogP contribution >= 0.6 is 11.8 Å². The summed E-state index contributed by atoms with van der Waals surface area (Å²) in [6.07, 6.45) is 0.306. The zero-order valence-corrected chi connectivity index (χ0v) is 14.2. The smallest absolute Gasteiger partial charge is 0.323 e. The number of hydrogen-bond acceptors (Lipinski definition) is 7. The summed E-state index contributed by atoms with van der Waals surface area (Å²) in [5.41, 5.74) is 3.54. The Morgan fingerprint density at radius 1 is 1.56 bits per heavy atom. The molecule has 134 valence electrons. The molecule has 2 aliphatic rings. The molecule has 3 unspecified atom stereocenters. The van der Waals surface area contributed by atoms with Crippen LogP contribution < -0.4 is 5.73 Å². The van der Waals surface area contributed by atoms with Crippen molar-refractivity contribution in [2.24, 2.45) is 16.6 Å². The fourth-order valence-electron chi connectivity index (χ4n) is 3.34. The number of rotatable bonds is 4. The summed E-state index contributed by atoms with van der Waals surface area (Å²) in [5.74, 6) is -3.59. The van der Waals surface area contributed by atoms with E-state index in [1.54, 1.807) is 6.92 Å². The number of nitro groups is 1. The molecule has 0 radical (unpaired) electrons. The number of carbonyl (C=O) groups is 1. The Morgan fingerprint density at radius 2 is 2.24 bits per heavy atom. The van der Waals surface area contributed by atoms with Gasteiger partial charge in [0.1, 0.15) is 4.75 Å². The number of benzene rings is 1. The van der Waals surface area contributed by atoms with Crippen molar-refractivity contribution in [1.82, 2.24) is 0 Å². The van der Waals surface area contributed by atoms with Crippen molar-refractivity contribution in [2.75, 3.05) is 6.61 Å². The van der Waals surface area contributed by atoms with Crippen molar-refractivity contribution in [3.63, 3.8) is 0 Å². The van der Waals surface area contributed by atoms with Crippen molar-refractivity contribution in [1.29, 1.82) is 0 Å². The van der Waals surface area contributed by atoms with Crippen LogP contribution in [0.2, 0.25) is 0 Å². The molecule has 1 saturated carbocycles. The molecular weight excluding hydrogens is 356 g/mol. The third-order valence-electron chi connectivity index (χ3n) is 4.61. The molecule has 0 spiro atoms. The summed E-state index contributed by atoms with van der Waals surface area (Å²) in [7, 11) is 0. The number of aliphatic imine (C=N–C) groups is 1. The molecule has 1 aliphatic heterocycles. The molecular formula is C15H15F2N3O4S. The van der Waals surface area contributed by atoms with Gasteiger partial charge in [-0.2, -0.15) is 0 Å². The molecule has 0 amide bonds. The zero-order valence-electron chi connectivity index (χ0n) is 13.4. The number of hydrogen-bond donors (Lipinski definition) is 1. The predicted molar refractivity (Wildman–Crippen MR) is 87.0 cm³/mol. The first-order valence-electron chi connectivity index (χ1n) is 7.51. The Kier molecular flexibility index (Phi) is 3.98. The molecule has 0 saturated heterocycles. The number of esters is 1. The van der Waals surface area contributed by atoms with Gasteiger partial charge in [-0.15, -0.1) is 0 Å². The number of thioether (sulfide) groups is 1. The maximum atomic E-state index is 14.4. The minimum absolute atomic E-state index is 0.0237. The lowest BCUT2D eigenvalue weighted by molar-refractivity contribution is -0.385. The Balaban J connectivity index is 2.12. The number of nitrogens with two attached hydrogens (primary N) is 1. The summed E-state index contributed by atoms with van der Waals surface area (Å²) < 4.78 is 32.4. The van der Waals surface area contributed by atoms with Gasteiger partial charge in [0, 0.05) is 17.5 Å². The van der Waals surface area contributed by atoms with Crippen molar-refractivity contribution < 1.29 is 23.2 Å². The van der Waals surface area contributed by atoms with Crippen molar-refractivity contribution in [3.05, 3.63) is 39.4 Å². The van der Waals surface area contributed by atoms with E-state index in [1.165, 1.54) is 6.92 Å². The first-order valence-corrected chi connectivity index (χ1v) is 8.33. The number of nitro benzene ring substituents is 1. The van der Waals surface area contributed by atoms with E-state index in [9.17, 15) is 23.7 Å². The van der Waals surface area contributed by atoms with E-state index < -0.39 is 44.4 Å². The quantitative estimate of drug-likeness (QED) is 0.495. The van der Waals surface area contributed by atoms with E-state index >= 15 is 0 Å². The van der Waals surface area contributed by atoms with Crippen LogP contribution in [0, 0.1) is 27.7 Å². The summed E-state index contributed by atoms with van der Waals surface area (Å²) in [6.45, 7) is 3.32. The third-order valence-corrected chi connectivity index (χ3v) is 5.89. The first kappa shape index (κ1) is 17.6. The number of non-ortho nitro benzene ring substituents is 1. The third kappa shape index (κ3) is 2.55. The summed E-state index contributed by atoms with van der Waals surface area (Å²) in [6, 6.07) is 1.46. The molecule has 1 aliphatic carbocycles. The van der Waals surface area contributed by atoms with E-state index in [1.807, 2.05) is 0 Å². The van der Waals surface area contributed by atoms with Crippen LogP contribution in [0.3, 0.4) is 0 Å². The van der Waals surface area contributed by atoms with E-state index in [0.29, 0.717) is 12.5 Å². The van der Waals surface area contributed by atoms with Gasteiger partial charge < -0.3 is 10.5 Å². The van der Waals surface area contributed by atoms with Gasteiger partial charge in [-0.3, -0.25) is 19.9 Å². The number of halogens is 2. The highest BCUT2D eigenvalue weighted by Crippen LogP contribution is 2.66. The number of fused-ring (bicyclic) bond motifs is 1.